The standard InChI is InChI=1S/C15H9FN2O/c16-12-4-6-14(18-9-12)15(19)11-3-5-13-10(8-11)2-1-7-17-13/h1-9H. The summed E-state index contributed by atoms with van der Waals surface area (Å²) in [6.07, 6.45) is 2.74. The molecule has 2 heterocycles. The third kappa shape index (κ3) is 2.20. The molecule has 0 saturated carbocycles. The van der Waals surface area contributed by atoms with Gasteiger partial charge in [-0.2, -0.15) is 0 Å². The number of aromatic nitrogens is 2. The van der Waals surface area contributed by atoms with Gasteiger partial charge < -0.3 is 0 Å². The summed E-state index contributed by atoms with van der Waals surface area (Å²) in [7, 11) is 0. The summed E-state index contributed by atoms with van der Waals surface area (Å²) in [5.74, 6) is -0.690. The normalized spacial score (nSPS) is 10.6. The second kappa shape index (κ2) is 4.57. The number of nitrogens with zero attached hydrogens (tertiary/aromatic N) is 2. The van der Waals surface area contributed by atoms with Gasteiger partial charge in [-0.05, 0) is 36.4 Å². The molecule has 92 valence electrons. The highest BCUT2D eigenvalue weighted by atomic mass is 19.1. The zero-order valence-electron chi connectivity index (χ0n) is 9.88. The van der Waals surface area contributed by atoms with Crippen LogP contribution in [-0.2, 0) is 0 Å². The molecule has 0 N–H and O–H groups in total. The quantitative estimate of drug-likeness (QED) is 0.658. The lowest BCUT2D eigenvalue weighted by Crippen LogP contribution is -2.04. The molecule has 0 aliphatic rings. The van der Waals surface area contributed by atoms with Crippen LogP contribution in [0.1, 0.15) is 16.1 Å². The molecule has 2 aromatic heterocycles. The SMILES string of the molecule is O=C(c1ccc2ncccc2c1)c1ccc(F)cn1. The molecule has 1 aromatic carbocycles. The summed E-state index contributed by atoms with van der Waals surface area (Å²) < 4.78 is 12.8. The highest BCUT2D eigenvalue weighted by Gasteiger charge is 2.11. The lowest BCUT2D eigenvalue weighted by molar-refractivity contribution is 0.103. The molecular formula is C15H9FN2O. The van der Waals surface area contributed by atoms with Crippen LogP contribution in [0.2, 0.25) is 0 Å². The van der Waals surface area contributed by atoms with Crippen molar-refractivity contribution in [1.29, 1.82) is 0 Å². The first-order chi connectivity index (χ1) is 9.24. The van der Waals surface area contributed by atoms with E-state index in [-0.39, 0.29) is 11.5 Å². The third-order valence-corrected chi connectivity index (χ3v) is 2.83. The molecule has 19 heavy (non-hydrogen) atoms. The second-order valence-corrected chi connectivity index (χ2v) is 4.10. The Labute approximate surface area is 108 Å². The van der Waals surface area contributed by atoms with Gasteiger partial charge in [-0.15, -0.1) is 0 Å². The average Bonchev–Trinajstić information content (AvgIpc) is 2.47. The number of ketones is 1. The van der Waals surface area contributed by atoms with Crippen molar-refractivity contribution < 1.29 is 9.18 Å². The molecule has 0 aliphatic carbocycles. The Bertz CT molecular complexity index is 753. The summed E-state index contributed by atoms with van der Waals surface area (Å²) in [5, 5.41) is 0.885. The van der Waals surface area contributed by atoms with E-state index >= 15 is 0 Å². The van der Waals surface area contributed by atoms with Gasteiger partial charge in [0, 0.05) is 17.1 Å². The predicted molar refractivity (Wildman–Crippen MR) is 69.4 cm³/mol. The van der Waals surface area contributed by atoms with Crippen molar-refractivity contribution in [2.75, 3.05) is 0 Å². The van der Waals surface area contributed by atoms with E-state index in [4.69, 9.17) is 0 Å². The van der Waals surface area contributed by atoms with E-state index in [1.165, 1.54) is 12.1 Å². The Hall–Kier alpha value is -2.62. The molecule has 3 nitrogen and oxygen atoms in total. The molecular weight excluding hydrogens is 243 g/mol. The fraction of sp³-hybridized carbons (Fsp3) is 0. The molecule has 0 unspecified atom stereocenters. The Balaban J connectivity index is 2.04. The van der Waals surface area contributed by atoms with Gasteiger partial charge in [0.25, 0.3) is 0 Å². The predicted octanol–water partition coefficient (Wildman–Crippen LogP) is 3.00. The van der Waals surface area contributed by atoms with Gasteiger partial charge in [0.1, 0.15) is 11.5 Å². The van der Waals surface area contributed by atoms with Crippen molar-refractivity contribution in [3.8, 4) is 0 Å². The van der Waals surface area contributed by atoms with Crippen molar-refractivity contribution in [1.82, 2.24) is 9.97 Å². The van der Waals surface area contributed by atoms with Gasteiger partial charge in [0.15, 0.2) is 0 Å². The van der Waals surface area contributed by atoms with E-state index in [2.05, 4.69) is 9.97 Å². The number of fused-ring (bicyclic) bond motifs is 1. The number of hydrogen-bond acceptors (Lipinski definition) is 3. The number of pyridine rings is 2. The molecule has 0 fully saturated rings. The smallest absolute Gasteiger partial charge is 0.211 e. The first kappa shape index (κ1) is 11.5. The number of benzene rings is 1. The molecule has 0 radical (unpaired) electrons. The van der Waals surface area contributed by atoms with Gasteiger partial charge in [0.05, 0.1) is 11.7 Å². The molecule has 0 amide bonds. The van der Waals surface area contributed by atoms with Crippen LogP contribution < -0.4 is 0 Å². The monoisotopic (exact) mass is 252 g/mol. The van der Waals surface area contributed by atoms with Crippen molar-refractivity contribution in [3.63, 3.8) is 0 Å². The number of rotatable bonds is 2. The van der Waals surface area contributed by atoms with E-state index in [0.29, 0.717) is 5.56 Å². The van der Waals surface area contributed by atoms with Crippen LogP contribution in [0.15, 0.2) is 54.9 Å². The lowest BCUT2D eigenvalue weighted by Gasteiger charge is -2.02. The maximum absolute atomic E-state index is 12.8. The summed E-state index contributed by atoms with van der Waals surface area (Å²) in [6, 6.07) is 11.5. The Morgan fingerprint density at radius 3 is 2.74 bits per heavy atom. The number of halogens is 1. The zero-order chi connectivity index (χ0) is 13.2. The van der Waals surface area contributed by atoms with Crippen molar-refractivity contribution in [3.05, 3.63) is 71.9 Å². The topological polar surface area (TPSA) is 42.9 Å². The minimum Gasteiger partial charge on any atom is -0.287 e. The van der Waals surface area contributed by atoms with Gasteiger partial charge in [0.2, 0.25) is 5.78 Å². The van der Waals surface area contributed by atoms with E-state index < -0.39 is 5.82 Å². The Kier molecular flexibility index (Phi) is 2.76. The van der Waals surface area contributed by atoms with Crippen LogP contribution in [0.4, 0.5) is 4.39 Å². The van der Waals surface area contributed by atoms with Crippen molar-refractivity contribution in [2.24, 2.45) is 0 Å². The van der Waals surface area contributed by atoms with E-state index in [1.807, 2.05) is 12.1 Å². The fourth-order valence-electron chi connectivity index (χ4n) is 1.87. The summed E-state index contributed by atoms with van der Waals surface area (Å²) >= 11 is 0. The Morgan fingerprint density at radius 2 is 1.95 bits per heavy atom. The first-order valence-corrected chi connectivity index (χ1v) is 5.75. The molecule has 0 aliphatic heterocycles. The molecule has 0 saturated heterocycles. The third-order valence-electron chi connectivity index (χ3n) is 2.83. The highest BCUT2D eigenvalue weighted by Crippen LogP contribution is 2.15. The number of carbonyl (C=O) groups excluding carboxylic acids is 1. The van der Waals surface area contributed by atoms with Gasteiger partial charge in [-0.3, -0.25) is 9.78 Å². The fourth-order valence-corrected chi connectivity index (χ4v) is 1.87. The van der Waals surface area contributed by atoms with E-state index in [0.717, 1.165) is 17.1 Å². The second-order valence-electron chi connectivity index (χ2n) is 4.10. The van der Waals surface area contributed by atoms with Crippen LogP contribution in [0, 0.1) is 5.82 Å². The summed E-state index contributed by atoms with van der Waals surface area (Å²) in [4.78, 5) is 20.2. The zero-order valence-corrected chi connectivity index (χ0v) is 9.88. The van der Waals surface area contributed by atoms with Gasteiger partial charge in [-0.1, -0.05) is 6.07 Å². The Morgan fingerprint density at radius 1 is 1.05 bits per heavy atom. The molecule has 0 atom stereocenters. The number of hydrogen-bond donors (Lipinski definition) is 0. The first-order valence-electron chi connectivity index (χ1n) is 5.75. The molecule has 0 bridgehead atoms. The van der Waals surface area contributed by atoms with Crippen LogP contribution in [0.5, 0.6) is 0 Å². The molecule has 3 aromatic rings. The summed E-state index contributed by atoms with van der Waals surface area (Å²) in [6.45, 7) is 0. The van der Waals surface area contributed by atoms with Crippen molar-refractivity contribution in [2.45, 2.75) is 0 Å². The highest BCUT2D eigenvalue weighted by molar-refractivity contribution is 6.09. The van der Waals surface area contributed by atoms with E-state index in [9.17, 15) is 9.18 Å². The van der Waals surface area contributed by atoms with Crippen LogP contribution in [-0.4, -0.2) is 15.8 Å². The van der Waals surface area contributed by atoms with E-state index in [1.54, 1.807) is 24.4 Å². The van der Waals surface area contributed by atoms with Gasteiger partial charge in [-0.25, -0.2) is 9.37 Å². The van der Waals surface area contributed by atoms with Gasteiger partial charge >= 0.3 is 0 Å². The lowest BCUT2D eigenvalue weighted by atomic mass is 10.1. The average molecular weight is 252 g/mol. The maximum atomic E-state index is 12.8. The minimum atomic E-state index is -0.459. The largest absolute Gasteiger partial charge is 0.287 e. The maximum Gasteiger partial charge on any atom is 0.211 e. The minimum absolute atomic E-state index is 0.227. The van der Waals surface area contributed by atoms with Crippen LogP contribution in [0.3, 0.4) is 0 Å². The van der Waals surface area contributed by atoms with Crippen molar-refractivity contribution >= 4 is 16.7 Å². The van der Waals surface area contributed by atoms with Crippen LogP contribution in [0.25, 0.3) is 10.9 Å². The molecule has 0 spiro atoms. The molecule has 4 heteroatoms. The summed E-state index contributed by atoms with van der Waals surface area (Å²) in [5.41, 5.74) is 1.57. The molecule has 3 rings (SSSR count). The van der Waals surface area contributed by atoms with Crippen LogP contribution >= 0.6 is 0 Å². The number of carbonyl (C=O) groups is 1.